The van der Waals surface area contributed by atoms with Crippen LogP contribution in [0, 0.1) is 0 Å². The lowest BCUT2D eigenvalue weighted by atomic mass is 10.1. The van der Waals surface area contributed by atoms with Crippen LogP contribution in [-0.2, 0) is 9.84 Å². The summed E-state index contributed by atoms with van der Waals surface area (Å²) in [6.07, 6.45) is 8.33. The van der Waals surface area contributed by atoms with E-state index in [4.69, 9.17) is 0 Å². The Kier molecular flexibility index (Phi) is 5.19. The van der Waals surface area contributed by atoms with Crippen molar-refractivity contribution in [3.8, 4) is 0 Å². The molecule has 0 saturated carbocycles. The van der Waals surface area contributed by atoms with E-state index in [1.165, 1.54) is 0 Å². The third kappa shape index (κ3) is 3.59. The third-order valence-electron chi connectivity index (χ3n) is 3.99. The van der Waals surface area contributed by atoms with Crippen molar-refractivity contribution in [1.82, 2.24) is 4.90 Å². The Bertz CT molecular complexity index is 911. The van der Waals surface area contributed by atoms with Gasteiger partial charge in [-0.2, -0.15) is 0 Å². The summed E-state index contributed by atoms with van der Waals surface area (Å²) in [5, 5.41) is 0.330. The van der Waals surface area contributed by atoms with Gasteiger partial charge in [-0.15, -0.1) is 0 Å². The Labute approximate surface area is 149 Å². The maximum atomic E-state index is 13.4. The van der Waals surface area contributed by atoms with E-state index in [0.29, 0.717) is 22.0 Å². The number of hydrogen-bond donors (Lipinski definition) is 0. The smallest absolute Gasteiger partial charge is 0.222 e. The van der Waals surface area contributed by atoms with E-state index in [0.717, 1.165) is 12.0 Å². The normalized spacial score (nSPS) is 14.7. The molecule has 0 saturated heterocycles. The molecular formula is C21H21NO2S. The van der Waals surface area contributed by atoms with Crippen LogP contribution in [0.15, 0.2) is 95.0 Å². The van der Waals surface area contributed by atoms with Crippen molar-refractivity contribution in [3.63, 3.8) is 0 Å². The number of allylic oxidation sites excluding steroid dienone is 4. The molecule has 0 N–H and O–H groups in total. The molecule has 0 bridgehead atoms. The minimum atomic E-state index is -3.65. The lowest BCUT2D eigenvalue weighted by molar-refractivity contribution is 0.479. The largest absolute Gasteiger partial charge is 0.338 e. The molecule has 0 spiro atoms. The molecular weight excluding hydrogens is 330 g/mol. The number of hydrogen-bond acceptors (Lipinski definition) is 3. The Balaban J connectivity index is 2.28. The first-order valence-electron chi connectivity index (χ1n) is 8.36. The van der Waals surface area contributed by atoms with Crippen LogP contribution >= 0.6 is 0 Å². The average Bonchev–Trinajstić information content (AvgIpc) is 2.86. The minimum Gasteiger partial charge on any atom is -0.338 e. The molecule has 1 heterocycles. The number of rotatable bonds is 5. The van der Waals surface area contributed by atoms with Gasteiger partial charge in [-0.1, -0.05) is 67.6 Å². The highest BCUT2D eigenvalue weighted by Crippen LogP contribution is 2.32. The second-order valence-corrected chi connectivity index (χ2v) is 7.66. The van der Waals surface area contributed by atoms with E-state index in [1.807, 2.05) is 72.6 Å². The van der Waals surface area contributed by atoms with E-state index >= 15 is 0 Å². The fourth-order valence-corrected chi connectivity index (χ4v) is 4.54. The van der Waals surface area contributed by atoms with Crippen LogP contribution in [0.1, 0.15) is 18.9 Å². The molecule has 1 aliphatic heterocycles. The second kappa shape index (κ2) is 7.53. The van der Waals surface area contributed by atoms with Crippen LogP contribution in [0.4, 0.5) is 0 Å². The lowest BCUT2D eigenvalue weighted by Crippen LogP contribution is -2.25. The summed E-state index contributed by atoms with van der Waals surface area (Å²) in [4.78, 5) is 2.15. The molecule has 4 heteroatoms. The Morgan fingerprint density at radius 2 is 1.52 bits per heavy atom. The Hall–Kier alpha value is -2.59. The van der Waals surface area contributed by atoms with Crippen molar-refractivity contribution < 1.29 is 8.42 Å². The lowest BCUT2D eigenvalue weighted by Gasteiger charge is -2.25. The van der Waals surface area contributed by atoms with Crippen LogP contribution in [0.2, 0.25) is 0 Å². The topological polar surface area (TPSA) is 37.4 Å². The summed E-state index contributed by atoms with van der Waals surface area (Å²) >= 11 is 0. The second-order valence-electron chi connectivity index (χ2n) is 5.80. The van der Waals surface area contributed by atoms with Crippen molar-refractivity contribution in [2.75, 3.05) is 6.54 Å². The van der Waals surface area contributed by atoms with Crippen LogP contribution in [0.5, 0.6) is 0 Å². The summed E-state index contributed by atoms with van der Waals surface area (Å²) in [7, 11) is -3.65. The predicted octanol–water partition coefficient (Wildman–Crippen LogP) is 4.62. The van der Waals surface area contributed by atoms with Gasteiger partial charge >= 0.3 is 0 Å². The van der Waals surface area contributed by atoms with Crippen LogP contribution in [0.3, 0.4) is 0 Å². The van der Waals surface area contributed by atoms with Gasteiger partial charge in [0.15, 0.2) is 0 Å². The molecule has 128 valence electrons. The molecule has 25 heavy (non-hydrogen) atoms. The zero-order valence-electron chi connectivity index (χ0n) is 14.2. The van der Waals surface area contributed by atoms with Gasteiger partial charge in [-0.05, 0) is 30.2 Å². The first-order valence-corrected chi connectivity index (χ1v) is 9.84. The van der Waals surface area contributed by atoms with Crippen molar-refractivity contribution in [1.29, 1.82) is 0 Å². The van der Waals surface area contributed by atoms with Crippen LogP contribution in [0.25, 0.3) is 5.57 Å². The fourth-order valence-electron chi connectivity index (χ4n) is 2.86. The average molecular weight is 351 g/mol. The molecule has 1 aliphatic rings. The molecule has 0 amide bonds. The summed E-state index contributed by atoms with van der Waals surface area (Å²) in [6, 6.07) is 18.3. The van der Waals surface area contributed by atoms with E-state index in [-0.39, 0.29) is 0 Å². The van der Waals surface area contributed by atoms with Gasteiger partial charge in [-0.3, -0.25) is 0 Å². The molecule has 0 aliphatic carbocycles. The Morgan fingerprint density at radius 3 is 2.16 bits per heavy atom. The highest BCUT2D eigenvalue weighted by Gasteiger charge is 2.28. The SMILES string of the molecule is CCCN1C=CC=CC(c2ccccc2)=C1S(=O)(=O)c1ccccc1. The number of benzene rings is 2. The molecule has 2 aromatic rings. The Morgan fingerprint density at radius 1 is 0.880 bits per heavy atom. The van der Waals surface area contributed by atoms with Crippen LogP contribution < -0.4 is 0 Å². The first kappa shape index (κ1) is 17.2. The van der Waals surface area contributed by atoms with Gasteiger partial charge in [0.05, 0.1) is 4.90 Å². The van der Waals surface area contributed by atoms with Gasteiger partial charge in [-0.25, -0.2) is 8.42 Å². The zero-order valence-corrected chi connectivity index (χ0v) is 15.0. The highest BCUT2D eigenvalue weighted by molar-refractivity contribution is 7.95. The molecule has 3 rings (SSSR count). The van der Waals surface area contributed by atoms with Crippen LogP contribution in [-0.4, -0.2) is 19.9 Å². The quantitative estimate of drug-likeness (QED) is 0.788. The number of nitrogens with zero attached hydrogens (tertiary/aromatic N) is 1. The van der Waals surface area contributed by atoms with Crippen molar-refractivity contribution in [3.05, 3.63) is 95.7 Å². The molecule has 0 fully saturated rings. The maximum Gasteiger partial charge on any atom is 0.222 e. The predicted molar refractivity (Wildman–Crippen MR) is 102 cm³/mol. The maximum absolute atomic E-state index is 13.4. The molecule has 2 aromatic carbocycles. The summed E-state index contributed by atoms with van der Waals surface area (Å²) < 4.78 is 26.9. The standard InChI is InChI=1S/C21H21NO2S/c1-2-16-22-17-10-9-15-20(18-11-5-3-6-12-18)21(22)25(23,24)19-13-7-4-8-14-19/h3-15,17H,2,16H2,1H3. The highest BCUT2D eigenvalue weighted by atomic mass is 32.2. The summed E-state index contributed by atoms with van der Waals surface area (Å²) in [5.41, 5.74) is 1.60. The molecule has 0 atom stereocenters. The van der Waals surface area contributed by atoms with E-state index in [2.05, 4.69) is 0 Å². The first-order chi connectivity index (χ1) is 12.1. The van der Waals surface area contributed by atoms with E-state index < -0.39 is 9.84 Å². The van der Waals surface area contributed by atoms with E-state index in [9.17, 15) is 8.42 Å². The molecule has 3 nitrogen and oxygen atoms in total. The molecule has 0 aromatic heterocycles. The molecule has 0 radical (unpaired) electrons. The van der Waals surface area contributed by atoms with Crippen molar-refractivity contribution >= 4 is 15.4 Å². The van der Waals surface area contributed by atoms with E-state index in [1.54, 1.807) is 24.3 Å². The minimum absolute atomic E-state index is 0.309. The van der Waals surface area contributed by atoms with Gasteiger partial charge in [0.2, 0.25) is 9.84 Å². The number of sulfone groups is 1. The van der Waals surface area contributed by atoms with Crippen molar-refractivity contribution in [2.24, 2.45) is 0 Å². The monoisotopic (exact) mass is 351 g/mol. The van der Waals surface area contributed by atoms with Crippen molar-refractivity contribution in [2.45, 2.75) is 18.2 Å². The third-order valence-corrected chi connectivity index (χ3v) is 5.84. The molecule has 0 unspecified atom stereocenters. The summed E-state index contributed by atoms with van der Waals surface area (Å²) in [5.74, 6) is 0. The van der Waals surface area contributed by atoms with Gasteiger partial charge < -0.3 is 4.90 Å². The fraction of sp³-hybridized carbons (Fsp3) is 0.143. The summed E-state index contributed by atoms with van der Waals surface area (Å²) in [6.45, 7) is 2.68. The van der Waals surface area contributed by atoms with Gasteiger partial charge in [0, 0.05) is 18.3 Å². The van der Waals surface area contributed by atoms with Gasteiger partial charge in [0.1, 0.15) is 5.03 Å². The zero-order chi connectivity index (χ0) is 17.7. The van der Waals surface area contributed by atoms with Gasteiger partial charge in [0.25, 0.3) is 0 Å².